The van der Waals surface area contributed by atoms with E-state index in [-0.39, 0.29) is 12.3 Å². The molecule has 0 fully saturated rings. The van der Waals surface area contributed by atoms with Gasteiger partial charge in [-0.25, -0.2) is 0 Å². The lowest BCUT2D eigenvalue weighted by Gasteiger charge is -2.15. The van der Waals surface area contributed by atoms with E-state index in [0.717, 1.165) is 25.7 Å². The van der Waals surface area contributed by atoms with Crippen LogP contribution < -0.4 is 5.73 Å². The Labute approximate surface area is 113 Å². The number of Topliss-reactive ketones (excluding diaryl/α,β-unsaturated/α-hetero) is 1. The highest BCUT2D eigenvalue weighted by atomic mass is 16.2. The van der Waals surface area contributed by atoms with E-state index < -0.39 is 17.5 Å². The van der Waals surface area contributed by atoms with Crippen molar-refractivity contribution in [2.45, 2.75) is 45.4 Å². The van der Waals surface area contributed by atoms with Crippen molar-refractivity contribution in [1.29, 1.82) is 0 Å². The van der Waals surface area contributed by atoms with Crippen molar-refractivity contribution in [2.24, 2.45) is 11.7 Å². The van der Waals surface area contributed by atoms with Crippen LogP contribution in [0.25, 0.3) is 0 Å². The molecule has 0 saturated heterocycles. The minimum Gasteiger partial charge on any atom is -0.369 e. The van der Waals surface area contributed by atoms with Crippen LogP contribution in [0.2, 0.25) is 0 Å². The van der Waals surface area contributed by atoms with Crippen LogP contribution in [0.5, 0.6) is 0 Å². The van der Waals surface area contributed by atoms with Gasteiger partial charge >= 0.3 is 0 Å². The van der Waals surface area contributed by atoms with E-state index in [4.69, 9.17) is 5.73 Å². The summed E-state index contributed by atoms with van der Waals surface area (Å²) in [7, 11) is 0. The maximum absolute atomic E-state index is 11.6. The van der Waals surface area contributed by atoms with Gasteiger partial charge < -0.3 is 5.73 Å². The summed E-state index contributed by atoms with van der Waals surface area (Å²) in [5.74, 6) is -1.78. The van der Waals surface area contributed by atoms with Crippen molar-refractivity contribution >= 4 is 17.5 Å². The molecule has 0 spiro atoms. The monoisotopic (exact) mass is 263 g/mol. The Hall–Kier alpha value is -1.71. The molecule has 19 heavy (non-hydrogen) atoms. The number of carbonyl (C=O) groups is 3. The van der Waals surface area contributed by atoms with Gasteiger partial charge in [-0.1, -0.05) is 44.8 Å². The zero-order chi connectivity index (χ0) is 14.3. The first-order valence-electron chi connectivity index (χ1n) is 6.81. The SMILES string of the molecule is CCCCCCC(CC1=CC=CC(=O)C1=O)C(N)=O. The highest BCUT2D eigenvalue weighted by molar-refractivity contribution is 6.48. The van der Waals surface area contributed by atoms with E-state index in [0.29, 0.717) is 12.0 Å². The fraction of sp³-hybridized carbons (Fsp3) is 0.533. The lowest BCUT2D eigenvalue weighted by atomic mass is 9.88. The van der Waals surface area contributed by atoms with Gasteiger partial charge in [0.25, 0.3) is 0 Å². The van der Waals surface area contributed by atoms with Gasteiger partial charge in [0.2, 0.25) is 17.5 Å². The number of primary amides is 1. The molecule has 0 aliphatic heterocycles. The van der Waals surface area contributed by atoms with Crippen LogP contribution in [0.15, 0.2) is 23.8 Å². The van der Waals surface area contributed by atoms with Gasteiger partial charge in [0, 0.05) is 11.5 Å². The van der Waals surface area contributed by atoms with E-state index in [2.05, 4.69) is 6.92 Å². The van der Waals surface area contributed by atoms with Gasteiger partial charge in [-0.3, -0.25) is 14.4 Å². The summed E-state index contributed by atoms with van der Waals surface area (Å²) >= 11 is 0. The molecule has 4 nitrogen and oxygen atoms in total. The first-order chi connectivity index (χ1) is 9.06. The van der Waals surface area contributed by atoms with Crippen LogP contribution in [0, 0.1) is 5.92 Å². The molecule has 2 N–H and O–H groups in total. The number of hydrogen-bond donors (Lipinski definition) is 1. The minimum absolute atomic E-state index is 0.274. The quantitative estimate of drug-likeness (QED) is 0.414. The van der Waals surface area contributed by atoms with Crippen molar-refractivity contribution in [1.82, 2.24) is 0 Å². The molecule has 1 amide bonds. The zero-order valence-corrected chi connectivity index (χ0v) is 11.4. The van der Waals surface area contributed by atoms with Crippen LogP contribution in [0.1, 0.15) is 45.4 Å². The molecular formula is C15H21NO3. The number of ketones is 2. The van der Waals surface area contributed by atoms with Gasteiger partial charge in [-0.2, -0.15) is 0 Å². The third kappa shape index (κ3) is 4.81. The van der Waals surface area contributed by atoms with Gasteiger partial charge in [0.15, 0.2) is 0 Å². The average Bonchev–Trinajstić information content (AvgIpc) is 2.37. The van der Waals surface area contributed by atoms with Crippen LogP contribution in [0.4, 0.5) is 0 Å². The standard InChI is InChI=1S/C15H21NO3/c1-2-3-4-5-7-12(15(16)19)10-11-8-6-9-13(17)14(11)18/h6,8-9,12H,2-5,7,10H2,1H3,(H2,16,19). The molecule has 0 radical (unpaired) electrons. The summed E-state index contributed by atoms with van der Waals surface area (Å²) in [5.41, 5.74) is 5.76. The van der Waals surface area contributed by atoms with Gasteiger partial charge in [0.1, 0.15) is 0 Å². The Kier molecular flexibility index (Phi) is 6.19. The summed E-state index contributed by atoms with van der Waals surface area (Å²) in [6, 6.07) is 0. The molecule has 4 heteroatoms. The van der Waals surface area contributed by atoms with Crippen LogP contribution in [-0.4, -0.2) is 17.5 Å². The number of hydrogen-bond acceptors (Lipinski definition) is 3. The summed E-state index contributed by atoms with van der Waals surface area (Å²) in [4.78, 5) is 34.3. The molecule has 0 aromatic heterocycles. The maximum atomic E-state index is 11.6. The highest BCUT2D eigenvalue weighted by Gasteiger charge is 2.24. The van der Waals surface area contributed by atoms with Crippen LogP contribution in [-0.2, 0) is 14.4 Å². The van der Waals surface area contributed by atoms with Crippen LogP contribution >= 0.6 is 0 Å². The highest BCUT2D eigenvalue weighted by Crippen LogP contribution is 2.21. The molecule has 0 bridgehead atoms. The predicted octanol–water partition coefficient (Wildman–Crippen LogP) is 2.08. The molecule has 0 aromatic carbocycles. The number of allylic oxidation sites excluding steroid dienone is 4. The first kappa shape index (κ1) is 15.3. The third-order valence-electron chi connectivity index (χ3n) is 3.34. The second-order valence-corrected chi connectivity index (χ2v) is 4.90. The van der Waals surface area contributed by atoms with E-state index >= 15 is 0 Å². The first-order valence-corrected chi connectivity index (χ1v) is 6.81. The Bertz CT molecular complexity index is 421. The zero-order valence-electron chi connectivity index (χ0n) is 11.4. The Morgan fingerprint density at radius 2 is 2.00 bits per heavy atom. The average molecular weight is 263 g/mol. The number of amides is 1. The normalized spacial score (nSPS) is 16.4. The van der Waals surface area contributed by atoms with E-state index in [1.54, 1.807) is 12.2 Å². The fourth-order valence-corrected chi connectivity index (χ4v) is 2.15. The second kappa shape index (κ2) is 7.67. The third-order valence-corrected chi connectivity index (χ3v) is 3.34. The molecule has 1 aliphatic carbocycles. The number of carbonyl (C=O) groups excluding carboxylic acids is 3. The molecular weight excluding hydrogens is 242 g/mol. The minimum atomic E-state index is -0.522. The van der Waals surface area contributed by atoms with Crippen molar-refractivity contribution in [3.05, 3.63) is 23.8 Å². The van der Waals surface area contributed by atoms with E-state index in [9.17, 15) is 14.4 Å². The second-order valence-electron chi connectivity index (χ2n) is 4.90. The summed E-state index contributed by atoms with van der Waals surface area (Å²) in [5, 5.41) is 0. The number of rotatable bonds is 8. The molecule has 0 aromatic rings. The molecule has 1 atom stereocenters. The molecule has 1 aliphatic rings. The van der Waals surface area contributed by atoms with Crippen molar-refractivity contribution in [3.8, 4) is 0 Å². The summed E-state index contributed by atoms with van der Waals surface area (Å²) < 4.78 is 0. The Morgan fingerprint density at radius 3 is 2.63 bits per heavy atom. The van der Waals surface area contributed by atoms with Gasteiger partial charge in [0.05, 0.1) is 0 Å². The van der Waals surface area contributed by atoms with Crippen molar-refractivity contribution in [2.75, 3.05) is 0 Å². The van der Waals surface area contributed by atoms with Crippen molar-refractivity contribution < 1.29 is 14.4 Å². The Morgan fingerprint density at radius 1 is 1.26 bits per heavy atom. The molecule has 104 valence electrons. The fourth-order valence-electron chi connectivity index (χ4n) is 2.15. The van der Waals surface area contributed by atoms with Gasteiger partial charge in [-0.05, 0) is 18.9 Å². The molecule has 0 saturated carbocycles. The topological polar surface area (TPSA) is 77.2 Å². The van der Waals surface area contributed by atoms with Crippen LogP contribution in [0.3, 0.4) is 0 Å². The number of unbranched alkanes of at least 4 members (excludes halogenated alkanes) is 3. The largest absolute Gasteiger partial charge is 0.369 e. The molecule has 1 rings (SSSR count). The summed E-state index contributed by atoms with van der Waals surface area (Å²) in [6.45, 7) is 2.12. The molecule has 1 unspecified atom stereocenters. The smallest absolute Gasteiger partial charge is 0.228 e. The summed E-state index contributed by atoms with van der Waals surface area (Å²) in [6.07, 6.45) is 9.60. The lowest BCUT2D eigenvalue weighted by Crippen LogP contribution is -2.26. The molecule has 0 heterocycles. The predicted molar refractivity (Wildman–Crippen MR) is 73.3 cm³/mol. The van der Waals surface area contributed by atoms with Gasteiger partial charge in [-0.15, -0.1) is 0 Å². The number of nitrogens with two attached hydrogens (primary N) is 1. The maximum Gasteiger partial charge on any atom is 0.228 e. The Balaban J connectivity index is 2.56. The van der Waals surface area contributed by atoms with Crippen molar-refractivity contribution in [3.63, 3.8) is 0 Å². The lowest BCUT2D eigenvalue weighted by molar-refractivity contribution is -0.132. The van der Waals surface area contributed by atoms with E-state index in [1.807, 2.05) is 0 Å². The van der Waals surface area contributed by atoms with E-state index in [1.165, 1.54) is 6.08 Å².